The fraction of sp³-hybridized carbons (Fsp3) is 0.385. The molecule has 1 aliphatic rings. The number of piperazine rings is 1. The van der Waals surface area contributed by atoms with Gasteiger partial charge in [0, 0.05) is 16.6 Å². The monoisotopic (exact) mass is 328 g/mol. The lowest BCUT2D eigenvalue weighted by Crippen LogP contribution is -2.57. The van der Waals surface area contributed by atoms with Crippen molar-refractivity contribution >= 4 is 27.7 Å². The number of rotatable bonds is 3. The summed E-state index contributed by atoms with van der Waals surface area (Å²) < 4.78 is 14.4. The first kappa shape index (κ1) is 14.0. The Labute approximate surface area is 119 Å². The van der Waals surface area contributed by atoms with E-state index in [-0.39, 0.29) is 30.7 Å². The van der Waals surface area contributed by atoms with Crippen molar-refractivity contribution in [1.29, 1.82) is 0 Å². The maximum Gasteiger partial charge on any atom is 0.245 e. The van der Waals surface area contributed by atoms with E-state index in [0.29, 0.717) is 12.0 Å². The van der Waals surface area contributed by atoms with Gasteiger partial charge in [0.05, 0.1) is 6.54 Å². The molecule has 6 heteroatoms. The molecule has 0 radical (unpaired) electrons. The lowest BCUT2D eigenvalue weighted by Gasteiger charge is -2.32. The van der Waals surface area contributed by atoms with E-state index in [1.165, 1.54) is 11.0 Å². The molecule has 1 aromatic rings. The summed E-state index contributed by atoms with van der Waals surface area (Å²) in [6.07, 6.45) is 0.530. The van der Waals surface area contributed by atoms with Crippen LogP contribution in [-0.2, 0) is 16.1 Å². The predicted octanol–water partition coefficient (Wildman–Crippen LogP) is 1.83. The average molecular weight is 329 g/mol. The van der Waals surface area contributed by atoms with Crippen LogP contribution < -0.4 is 5.32 Å². The molecule has 0 spiro atoms. The predicted molar refractivity (Wildman–Crippen MR) is 71.7 cm³/mol. The third kappa shape index (κ3) is 3.12. The molecule has 1 heterocycles. The van der Waals surface area contributed by atoms with Crippen LogP contribution in [0.25, 0.3) is 0 Å². The molecule has 1 aromatic carbocycles. The van der Waals surface area contributed by atoms with Gasteiger partial charge in [0.25, 0.3) is 0 Å². The third-order valence-corrected chi connectivity index (χ3v) is 3.55. The third-order valence-electron chi connectivity index (χ3n) is 3.06. The minimum Gasteiger partial charge on any atom is -0.343 e. The Morgan fingerprint density at radius 1 is 1.47 bits per heavy atom. The smallest absolute Gasteiger partial charge is 0.245 e. The number of carbonyl (C=O) groups is 2. The second kappa shape index (κ2) is 5.69. The molecule has 0 aliphatic carbocycles. The first-order chi connectivity index (χ1) is 9.01. The molecule has 1 saturated heterocycles. The van der Waals surface area contributed by atoms with Gasteiger partial charge in [-0.2, -0.15) is 0 Å². The second-order valence-corrected chi connectivity index (χ2v) is 5.37. The maximum atomic E-state index is 13.7. The van der Waals surface area contributed by atoms with E-state index in [4.69, 9.17) is 0 Å². The van der Waals surface area contributed by atoms with Crippen LogP contribution in [0.5, 0.6) is 0 Å². The van der Waals surface area contributed by atoms with Crippen LogP contribution in [-0.4, -0.2) is 29.3 Å². The van der Waals surface area contributed by atoms with Gasteiger partial charge >= 0.3 is 0 Å². The van der Waals surface area contributed by atoms with Crippen molar-refractivity contribution in [3.63, 3.8) is 0 Å². The summed E-state index contributed by atoms with van der Waals surface area (Å²) in [5.41, 5.74) is 0.396. The van der Waals surface area contributed by atoms with E-state index >= 15 is 0 Å². The van der Waals surface area contributed by atoms with Crippen molar-refractivity contribution in [2.24, 2.45) is 0 Å². The molecule has 4 nitrogen and oxygen atoms in total. The zero-order chi connectivity index (χ0) is 14.0. The number of nitrogens with zero attached hydrogens (tertiary/aromatic N) is 1. The molecule has 19 heavy (non-hydrogen) atoms. The minimum atomic E-state index is -0.503. The molecule has 1 unspecified atom stereocenters. The van der Waals surface area contributed by atoms with E-state index in [9.17, 15) is 14.0 Å². The topological polar surface area (TPSA) is 49.4 Å². The molecule has 0 bridgehead atoms. The molecule has 1 fully saturated rings. The van der Waals surface area contributed by atoms with Crippen LogP contribution in [0.3, 0.4) is 0 Å². The highest BCUT2D eigenvalue weighted by molar-refractivity contribution is 9.10. The Balaban J connectivity index is 2.19. The molecule has 0 saturated carbocycles. The Bertz CT molecular complexity index is 521. The molecular weight excluding hydrogens is 315 g/mol. The molecule has 1 atom stereocenters. The number of nitrogens with one attached hydrogen (secondary N) is 1. The van der Waals surface area contributed by atoms with E-state index in [0.717, 1.165) is 4.47 Å². The lowest BCUT2D eigenvalue weighted by molar-refractivity contribution is -0.144. The summed E-state index contributed by atoms with van der Waals surface area (Å²) in [7, 11) is 0. The van der Waals surface area contributed by atoms with Gasteiger partial charge in [-0.25, -0.2) is 4.39 Å². The van der Waals surface area contributed by atoms with Gasteiger partial charge in [0.15, 0.2) is 0 Å². The highest BCUT2D eigenvalue weighted by Gasteiger charge is 2.31. The Morgan fingerprint density at radius 2 is 2.21 bits per heavy atom. The van der Waals surface area contributed by atoms with Crippen LogP contribution in [0.1, 0.15) is 18.9 Å². The van der Waals surface area contributed by atoms with Gasteiger partial charge in [-0.05, 0) is 24.6 Å². The number of hydrogen-bond acceptors (Lipinski definition) is 2. The van der Waals surface area contributed by atoms with Gasteiger partial charge in [-0.15, -0.1) is 0 Å². The van der Waals surface area contributed by atoms with E-state index < -0.39 is 6.04 Å². The molecular formula is C13H14BrFN2O2. The number of carbonyl (C=O) groups excluding carboxylic acids is 2. The molecule has 1 aliphatic heterocycles. The number of benzene rings is 1. The average Bonchev–Trinajstić information content (AvgIpc) is 2.37. The summed E-state index contributed by atoms with van der Waals surface area (Å²) in [5, 5.41) is 2.62. The standard InChI is InChI=1S/C13H14BrFN2O2/c1-2-11-13(19)17(7-12(18)16-11)6-8-5-9(14)3-4-10(8)15/h3-5,11H,2,6-7H2,1H3,(H,16,18). The van der Waals surface area contributed by atoms with Crippen LogP contribution in [0.4, 0.5) is 4.39 Å². The highest BCUT2D eigenvalue weighted by Crippen LogP contribution is 2.18. The highest BCUT2D eigenvalue weighted by atomic mass is 79.9. The van der Waals surface area contributed by atoms with Crippen molar-refractivity contribution in [1.82, 2.24) is 10.2 Å². The van der Waals surface area contributed by atoms with Crippen molar-refractivity contribution in [3.8, 4) is 0 Å². The summed E-state index contributed by atoms with van der Waals surface area (Å²) in [6, 6.07) is 4.05. The van der Waals surface area contributed by atoms with E-state index in [1.807, 2.05) is 6.92 Å². The normalized spacial score (nSPS) is 19.5. The second-order valence-electron chi connectivity index (χ2n) is 4.46. The minimum absolute atomic E-state index is 0.0265. The Morgan fingerprint density at radius 3 is 2.89 bits per heavy atom. The quantitative estimate of drug-likeness (QED) is 0.920. The Hall–Kier alpha value is -1.43. The zero-order valence-corrected chi connectivity index (χ0v) is 12.0. The van der Waals surface area contributed by atoms with Crippen molar-refractivity contribution < 1.29 is 14.0 Å². The molecule has 2 amide bonds. The van der Waals surface area contributed by atoms with Gasteiger partial charge in [-0.3, -0.25) is 9.59 Å². The van der Waals surface area contributed by atoms with Crippen molar-refractivity contribution in [3.05, 3.63) is 34.1 Å². The first-order valence-electron chi connectivity index (χ1n) is 6.03. The number of halogens is 2. The van der Waals surface area contributed by atoms with Crippen LogP contribution in [0.2, 0.25) is 0 Å². The summed E-state index contributed by atoms with van der Waals surface area (Å²) in [5.74, 6) is -0.752. The van der Waals surface area contributed by atoms with Gasteiger partial charge in [-0.1, -0.05) is 22.9 Å². The van der Waals surface area contributed by atoms with Crippen molar-refractivity contribution in [2.45, 2.75) is 25.9 Å². The fourth-order valence-electron chi connectivity index (χ4n) is 2.05. The van der Waals surface area contributed by atoms with E-state index in [1.54, 1.807) is 12.1 Å². The zero-order valence-electron chi connectivity index (χ0n) is 10.5. The van der Waals surface area contributed by atoms with Crippen LogP contribution in [0.15, 0.2) is 22.7 Å². The SMILES string of the molecule is CCC1NC(=O)CN(Cc2cc(Br)ccc2F)C1=O. The fourth-order valence-corrected chi connectivity index (χ4v) is 2.46. The molecule has 2 rings (SSSR count). The molecule has 102 valence electrons. The maximum absolute atomic E-state index is 13.7. The van der Waals surface area contributed by atoms with Gasteiger partial charge in [0.2, 0.25) is 11.8 Å². The summed E-state index contributed by atoms with van der Waals surface area (Å²) >= 11 is 3.26. The van der Waals surface area contributed by atoms with Gasteiger partial charge < -0.3 is 10.2 Å². The summed E-state index contributed by atoms with van der Waals surface area (Å²) in [4.78, 5) is 25.0. The number of amides is 2. The Kier molecular flexibility index (Phi) is 4.19. The summed E-state index contributed by atoms with van der Waals surface area (Å²) in [6.45, 7) is 1.90. The van der Waals surface area contributed by atoms with Crippen LogP contribution >= 0.6 is 15.9 Å². The van der Waals surface area contributed by atoms with Gasteiger partial charge in [0.1, 0.15) is 11.9 Å². The molecule has 0 aromatic heterocycles. The van der Waals surface area contributed by atoms with E-state index in [2.05, 4.69) is 21.2 Å². The number of hydrogen-bond donors (Lipinski definition) is 1. The molecule has 1 N–H and O–H groups in total. The van der Waals surface area contributed by atoms with Crippen LogP contribution in [0, 0.1) is 5.82 Å². The lowest BCUT2D eigenvalue weighted by atomic mass is 10.1. The van der Waals surface area contributed by atoms with Crippen molar-refractivity contribution in [2.75, 3.05) is 6.54 Å². The first-order valence-corrected chi connectivity index (χ1v) is 6.82. The largest absolute Gasteiger partial charge is 0.343 e.